The first-order valence-corrected chi connectivity index (χ1v) is 5.97. The van der Waals surface area contributed by atoms with Gasteiger partial charge >= 0.3 is 5.97 Å². The number of hydrogen-bond donors (Lipinski definition) is 2. The monoisotopic (exact) mass is 288 g/mol. The van der Waals surface area contributed by atoms with Gasteiger partial charge in [-0.3, -0.25) is 0 Å². The summed E-state index contributed by atoms with van der Waals surface area (Å²) in [5, 5.41) is 20.5. The third-order valence-electron chi connectivity index (χ3n) is 2.89. The normalized spacial score (nSPS) is 9.95. The van der Waals surface area contributed by atoms with Crippen LogP contribution in [0.1, 0.15) is 21.5 Å². The maximum absolute atomic E-state index is 13.6. The van der Waals surface area contributed by atoms with E-state index in [4.69, 9.17) is 10.4 Å². The SMILES string of the molecule is N#Cc1c(F)cccc1NCc1cc(C(=O)O)ccc1F. The minimum atomic E-state index is -1.17. The molecule has 0 aromatic heterocycles. The Morgan fingerprint density at radius 2 is 2.00 bits per heavy atom. The predicted octanol–water partition coefficient (Wildman–Crippen LogP) is 3.15. The molecule has 0 aliphatic rings. The zero-order chi connectivity index (χ0) is 15.4. The molecule has 2 aromatic carbocycles. The molecule has 0 spiro atoms. The molecule has 0 heterocycles. The van der Waals surface area contributed by atoms with E-state index in [1.807, 2.05) is 0 Å². The van der Waals surface area contributed by atoms with Gasteiger partial charge in [0.1, 0.15) is 23.3 Å². The standard InChI is InChI=1S/C15H10F2N2O2/c16-12-5-4-9(15(20)21)6-10(12)8-19-14-3-1-2-13(17)11(14)7-18/h1-6,19H,8H2,(H,20,21). The molecule has 6 heteroatoms. The Morgan fingerprint density at radius 1 is 1.24 bits per heavy atom. The van der Waals surface area contributed by atoms with Crippen molar-refractivity contribution in [3.05, 3.63) is 64.7 Å². The van der Waals surface area contributed by atoms with Gasteiger partial charge in [-0.05, 0) is 30.3 Å². The summed E-state index contributed by atoms with van der Waals surface area (Å²) < 4.78 is 27.0. The Balaban J connectivity index is 2.25. The number of benzene rings is 2. The van der Waals surface area contributed by atoms with Gasteiger partial charge in [0.15, 0.2) is 0 Å². The summed E-state index contributed by atoms with van der Waals surface area (Å²) in [5.41, 5.74) is 0.112. The van der Waals surface area contributed by atoms with Crippen molar-refractivity contribution in [2.45, 2.75) is 6.54 Å². The number of halogens is 2. The van der Waals surface area contributed by atoms with Crippen LogP contribution in [-0.2, 0) is 6.54 Å². The highest BCUT2D eigenvalue weighted by Crippen LogP contribution is 2.19. The molecular weight excluding hydrogens is 278 g/mol. The molecule has 0 bridgehead atoms. The molecule has 0 unspecified atom stereocenters. The van der Waals surface area contributed by atoms with Gasteiger partial charge in [0.05, 0.1) is 11.3 Å². The van der Waals surface area contributed by atoms with E-state index >= 15 is 0 Å². The zero-order valence-electron chi connectivity index (χ0n) is 10.7. The van der Waals surface area contributed by atoms with E-state index in [2.05, 4.69) is 5.32 Å². The van der Waals surface area contributed by atoms with E-state index in [-0.39, 0.29) is 28.9 Å². The molecule has 0 saturated heterocycles. The summed E-state index contributed by atoms with van der Waals surface area (Å²) in [6, 6.07) is 9.17. The van der Waals surface area contributed by atoms with E-state index in [1.165, 1.54) is 18.2 Å². The lowest BCUT2D eigenvalue weighted by Crippen LogP contribution is -2.06. The van der Waals surface area contributed by atoms with Crippen molar-refractivity contribution in [3.8, 4) is 6.07 Å². The van der Waals surface area contributed by atoms with Crippen LogP contribution in [0.2, 0.25) is 0 Å². The van der Waals surface area contributed by atoms with E-state index < -0.39 is 17.6 Å². The van der Waals surface area contributed by atoms with Crippen molar-refractivity contribution in [3.63, 3.8) is 0 Å². The van der Waals surface area contributed by atoms with Gasteiger partial charge in [-0.2, -0.15) is 5.26 Å². The van der Waals surface area contributed by atoms with E-state index in [0.717, 1.165) is 18.2 Å². The molecule has 4 nitrogen and oxygen atoms in total. The van der Waals surface area contributed by atoms with Gasteiger partial charge < -0.3 is 10.4 Å². The lowest BCUT2D eigenvalue weighted by atomic mass is 10.1. The van der Waals surface area contributed by atoms with Crippen LogP contribution in [0.4, 0.5) is 14.5 Å². The maximum Gasteiger partial charge on any atom is 0.335 e. The van der Waals surface area contributed by atoms with Crippen LogP contribution in [0.25, 0.3) is 0 Å². The van der Waals surface area contributed by atoms with Crippen LogP contribution >= 0.6 is 0 Å². The molecule has 0 aliphatic heterocycles. The number of carbonyl (C=O) groups is 1. The molecule has 2 aromatic rings. The van der Waals surface area contributed by atoms with Crippen molar-refractivity contribution in [1.29, 1.82) is 5.26 Å². The first-order chi connectivity index (χ1) is 10.0. The third-order valence-corrected chi connectivity index (χ3v) is 2.89. The molecule has 0 atom stereocenters. The van der Waals surface area contributed by atoms with E-state index in [9.17, 15) is 13.6 Å². The topological polar surface area (TPSA) is 73.1 Å². The van der Waals surface area contributed by atoms with Gasteiger partial charge in [0, 0.05) is 12.1 Å². The number of aromatic carboxylic acids is 1. The minimum Gasteiger partial charge on any atom is -0.478 e. The van der Waals surface area contributed by atoms with Gasteiger partial charge in [-0.25, -0.2) is 13.6 Å². The highest BCUT2D eigenvalue weighted by Gasteiger charge is 2.11. The van der Waals surface area contributed by atoms with Gasteiger partial charge in [0.2, 0.25) is 0 Å². The Morgan fingerprint density at radius 3 is 2.67 bits per heavy atom. The van der Waals surface area contributed by atoms with Crippen LogP contribution < -0.4 is 5.32 Å². The first-order valence-electron chi connectivity index (χ1n) is 5.97. The van der Waals surface area contributed by atoms with Crippen molar-refractivity contribution < 1.29 is 18.7 Å². The molecule has 2 rings (SSSR count). The molecule has 0 saturated carbocycles. The maximum atomic E-state index is 13.6. The van der Waals surface area contributed by atoms with Crippen LogP contribution in [-0.4, -0.2) is 11.1 Å². The van der Waals surface area contributed by atoms with Gasteiger partial charge in [-0.1, -0.05) is 6.07 Å². The Labute approximate surface area is 119 Å². The summed E-state index contributed by atoms with van der Waals surface area (Å²) >= 11 is 0. The first kappa shape index (κ1) is 14.5. The minimum absolute atomic E-state index is 0.0482. The van der Waals surface area contributed by atoms with Gasteiger partial charge in [-0.15, -0.1) is 0 Å². The summed E-state index contributed by atoms with van der Waals surface area (Å²) in [5.74, 6) is -2.43. The summed E-state index contributed by atoms with van der Waals surface area (Å²) in [6.07, 6.45) is 0. The van der Waals surface area contributed by atoms with Crippen molar-refractivity contribution in [2.24, 2.45) is 0 Å². The Bertz CT molecular complexity index is 739. The fourth-order valence-electron chi connectivity index (χ4n) is 1.82. The number of nitrogens with one attached hydrogen (secondary N) is 1. The molecule has 21 heavy (non-hydrogen) atoms. The molecule has 0 radical (unpaired) electrons. The van der Waals surface area contributed by atoms with E-state index in [1.54, 1.807) is 6.07 Å². The van der Waals surface area contributed by atoms with Crippen molar-refractivity contribution in [2.75, 3.05) is 5.32 Å². The third kappa shape index (κ3) is 3.15. The summed E-state index contributed by atoms with van der Waals surface area (Å²) in [4.78, 5) is 10.8. The molecule has 0 amide bonds. The number of rotatable bonds is 4. The molecule has 2 N–H and O–H groups in total. The zero-order valence-corrected chi connectivity index (χ0v) is 10.7. The number of nitrogens with zero attached hydrogens (tertiary/aromatic N) is 1. The molecular formula is C15H10F2N2O2. The number of hydrogen-bond acceptors (Lipinski definition) is 3. The smallest absolute Gasteiger partial charge is 0.335 e. The quantitative estimate of drug-likeness (QED) is 0.906. The van der Waals surface area contributed by atoms with E-state index in [0.29, 0.717) is 0 Å². The molecule has 0 aliphatic carbocycles. The van der Waals surface area contributed by atoms with Crippen molar-refractivity contribution >= 4 is 11.7 Å². The molecule has 106 valence electrons. The van der Waals surface area contributed by atoms with Gasteiger partial charge in [0.25, 0.3) is 0 Å². The second-order valence-corrected chi connectivity index (χ2v) is 4.24. The average molecular weight is 288 g/mol. The lowest BCUT2D eigenvalue weighted by molar-refractivity contribution is 0.0696. The second-order valence-electron chi connectivity index (χ2n) is 4.24. The van der Waals surface area contributed by atoms with Crippen LogP contribution in [0.5, 0.6) is 0 Å². The highest BCUT2D eigenvalue weighted by molar-refractivity contribution is 5.87. The largest absolute Gasteiger partial charge is 0.478 e. The Hall–Kier alpha value is -2.94. The van der Waals surface area contributed by atoms with Crippen LogP contribution in [0, 0.1) is 23.0 Å². The average Bonchev–Trinajstić information content (AvgIpc) is 2.46. The number of carboxylic acid groups (broad SMARTS) is 1. The Kier molecular flexibility index (Phi) is 4.14. The summed E-state index contributed by atoms with van der Waals surface area (Å²) in [6.45, 7) is -0.0644. The number of carboxylic acids is 1. The van der Waals surface area contributed by atoms with Crippen LogP contribution in [0.15, 0.2) is 36.4 Å². The summed E-state index contributed by atoms with van der Waals surface area (Å²) in [7, 11) is 0. The number of nitriles is 1. The fourth-order valence-corrected chi connectivity index (χ4v) is 1.82. The van der Waals surface area contributed by atoms with Crippen molar-refractivity contribution in [1.82, 2.24) is 0 Å². The molecule has 0 fully saturated rings. The fraction of sp³-hybridized carbons (Fsp3) is 0.0667. The second kappa shape index (κ2) is 6.01. The number of anilines is 1. The van der Waals surface area contributed by atoms with Crippen LogP contribution in [0.3, 0.4) is 0 Å². The predicted molar refractivity (Wildman–Crippen MR) is 71.8 cm³/mol. The lowest BCUT2D eigenvalue weighted by Gasteiger charge is -2.10. The highest BCUT2D eigenvalue weighted by atomic mass is 19.1.